The quantitative estimate of drug-likeness (QED) is 0.399. The Morgan fingerprint density at radius 2 is 1.33 bits per heavy atom. The molecule has 0 aliphatic carbocycles. The van der Waals surface area contributed by atoms with Gasteiger partial charge in [0.1, 0.15) is 0 Å². The third kappa shape index (κ3) is 13.6. The first-order valence-corrected chi connectivity index (χ1v) is 6.56. The molecule has 0 aliphatic rings. The highest BCUT2D eigenvalue weighted by molar-refractivity contribution is 5.06. The van der Waals surface area contributed by atoms with Gasteiger partial charge in [0.15, 0.2) is 0 Å². The molecule has 0 atom stereocenters. The highest BCUT2D eigenvalue weighted by atomic mass is 14.1. The second-order valence-corrected chi connectivity index (χ2v) is 5.42. The predicted octanol–water partition coefficient (Wildman–Crippen LogP) is 5.18. The molecule has 0 aromatic heterocycles. The summed E-state index contributed by atoms with van der Waals surface area (Å²) in [5.74, 6) is 6.56. The summed E-state index contributed by atoms with van der Waals surface area (Å²) in [6, 6.07) is 0. The van der Waals surface area contributed by atoms with Gasteiger partial charge in [-0.05, 0) is 27.2 Å². The molecule has 0 saturated carbocycles. The molecular weight excluding hydrogens is 180 g/mol. The molecule has 0 aliphatic heterocycles. The number of hydrogen-bond donors (Lipinski definition) is 0. The highest BCUT2D eigenvalue weighted by Gasteiger charge is 2.02. The predicted molar refractivity (Wildman–Crippen MR) is 69.8 cm³/mol. The molecule has 0 heteroatoms. The van der Waals surface area contributed by atoms with Crippen LogP contribution in [0.3, 0.4) is 0 Å². The van der Waals surface area contributed by atoms with Crippen LogP contribution in [-0.4, -0.2) is 0 Å². The van der Waals surface area contributed by atoms with Gasteiger partial charge in [-0.1, -0.05) is 51.4 Å². The summed E-state index contributed by atoms with van der Waals surface area (Å²) in [6.07, 6.45) is 10.7. The zero-order valence-corrected chi connectivity index (χ0v) is 11.2. The lowest BCUT2D eigenvalue weighted by molar-refractivity contribution is 0.568. The molecular formula is C15H28. The molecule has 0 aromatic rings. The maximum atomic E-state index is 3.28. The molecule has 0 radical (unpaired) electrons. The summed E-state index contributed by atoms with van der Waals surface area (Å²) >= 11 is 0. The van der Waals surface area contributed by atoms with E-state index >= 15 is 0 Å². The lowest BCUT2D eigenvalue weighted by Crippen LogP contribution is -1.98. The molecule has 0 rings (SSSR count). The van der Waals surface area contributed by atoms with Crippen LogP contribution in [0.25, 0.3) is 0 Å². The summed E-state index contributed by atoms with van der Waals surface area (Å²) in [4.78, 5) is 0. The van der Waals surface area contributed by atoms with E-state index in [2.05, 4.69) is 39.5 Å². The minimum Gasteiger partial charge on any atom is -0.103 e. The highest BCUT2D eigenvalue weighted by Crippen LogP contribution is 2.11. The Kier molecular flexibility index (Phi) is 8.58. The van der Waals surface area contributed by atoms with Crippen LogP contribution < -0.4 is 0 Å². The second-order valence-electron chi connectivity index (χ2n) is 5.42. The monoisotopic (exact) mass is 208 g/mol. The fraction of sp³-hybridized carbons (Fsp3) is 0.867. The van der Waals surface area contributed by atoms with Crippen LogP contribution in [-0.2, 0) is 0 Å². The van der Waals surface area contributed by atoms with E-state index in [0.29, 0.717) is 0 Å². The van der Waals surface area contributed by atoms with Crippen molar-refractivity contribution in [3.05, 3.63) is 0 Å². The second kappa shape index (κ2) is 8.84. The van der Waals surface area contributed by atoms with Crippen LogP contribution in [0.5, 0.6) is 0 Å². The van der Waals surface area contributed by atoms with Gasteiger partial charge in [0.2, 0.25) is 0 Å². The van der Waals surface area contributed by atoms with E-state index in [1.807, 2.05) is 0 Å². The third-order valence-electron chi connectivity index (χ3n) is 2.37. The minimum atomic E-state index is 0.182. The van der Waals surface area contributed by atoms with Gasteiger partial charge in [-0.25, -0.2) is 0 Å². The van der Waals surface area contributed by atoms with Crippen molar-refractivity contribution in [3.8, 4) is 11.8 Å². The summed E-state index contributed by atoms with van der Waals surface area (Å²) in [5.41, 5.74) is 0.182. The van der Waals surface area contributed by atoms with Crippen molar-refractivity contribution in [2.24, 2.45) is 5.41 Å². The summed E-state index contributed by atoms with van der Waals surface area (Å²) < 4.78 is 0. The summed E-state index contributed by atoms with van der Waals surface area (Å²) in [7, 11) is 0. The first-order chi connectivity index (χ1) is 7.06. The van der Waals surface area contributed by atoms with Crippen LogP contribution in [0.2, 0.25) is 0 Å². The van der Waals surface area contributed by atoms with Crippen LogP contribution in [0.1, 0.15) is 79.1 Å². The Hall–Kier alpha value is -0.440. The smallest absolute Gasteiger partial charge is 0.0230 e. The van der Waals surface area contributed by atoms with Crippen molar-refractivity contribution >= 4 is 0 Å². The zero-order valence-electron chi connectivity index (χ0n) is 11.2. The Balaban J connectivity index is 3.21. The van der Waals surface area contributed by atoms with Gasteiger partial charge >= 0.3 is 0 Å². The average molecular weight is 208 g/mol. The maximum Gasteiger partial charge on any atom is 0.0230 e. The Morgan fingerprint density at radius 3 is 1.87 bits per heavy atom. The first kappa shape index (κ1) is 14.6. The molecule has 0 spiro atoms. The lowest BCUT2D eigenvalue weighted by atomic mass is 9.97. The van der Waals surface area contributed by atoms with Crippen LogP contribution in [0.4, 0.5) is 0 Å². The van der Waals surface area contributed by atoms with E-state index in [9.17, 15) is 0 Å². The summed E-state index contributed by atoms with van der Waals surface area (Å²) in [6.45, 7) is 8.78. The number of rotatable bonds is 7. The van der Waals surface area contributed by atoms with Crippen LogP contribution in [0, 0.1) is 17.3 Å². The van der Waals surface area contributed by atoms with E-state index in [-0.39, 0.29) is 5.41 Å². The molecule has 0 saturated heterocycles. The van der Waals surface area contributed by atoms with Gasteiger partial charge in [0.05, 0.1) is 0 Å². The fourth-order valence-corrected chi connectivity index (χ4v) is 1.50. The molecule has 0 N–H and O–H groups in total. The largest absolute Gasteiger partial charge is 0.103 e. The van der Waals surface area contributed by atoms with Crippen molar-refractivity contribution in [1.82, 2.24) is 0 Å². The molecule has 0 fully saturated rings. The molecule has 0 aromatic carbocycles. The minimum absolute atomic E-state index is 0.182. The van der Waals surface area contributed by atoms with Crippen molar-refractivity contribution in [1.29, 1.82) is 0 Å². The normalized spacial score (nSPS) is 10.9. The Bertz CT molecular complexity index is 184. The van der Waals surface area contributed by atoms with Gasteiger partial charge in [-0.3, -0.25) is 0 Å². The van der Waals surface area contributed by atoms with Crippen molar-refractivity contribution in [2.45, 2.75) is 79.1 Å². The van der Waals surface area contributed by atoms with E-state index in [0.717, 1.165) is 6.42 Å². The SMILES string of the molecule is CCCCCCCCCC#CC(C)(C)C. The van der Waals surface area contributed by atoms with Crippen LogP contribution >= 0.6 is 0 Å². The third-order valence-corrected chi connectivity index (χ3v) is 2.37. The molecule has 88 valence electrons. The zero-order chi connectivity index (χ0) is 11.6. The van der Waals surface area contributed by atoms with Gasteiger partial charge in [-0.15, -0.1) is 5.92 Å². The topological polar surface area (TPSA) is 0 Å². The van der Waals surface area contributed by atoms with Crippen molar-refractivity contribution < 1.29 is 0 Å². The van der Waals surface area contributed by atoms with E-state index < -0.39 is 0 Å². The summed E-state index contributed by atoms with van der Waals surface area (Å²) in [5, 5.41) is 0. The van der Waals surface area contributed by atoms with E-state index in [1.54, 1.807) is 0 Å². The van der Waals surface area contributed by atoms with Crippen molar-refractivity contribution in [2.75, 3.05) is 0 Å². The molecule has 0 nitrogen and oxygen atoms in total. The maximum absolute atomic E-state index is 3.28. The lowest BCUT2D eigenvalue weighted by Gasteiger charge is -2.06. The number of unbranched alkanes of at least 4 members (excludes halogenated alkanes) is 7. The molecule has 0 heterocycles. The molecule has 0 bridgehead atoms. The van der Waals surface area contributed by atoms with Crippen molar-refractivity contribution in [3.63, 3.8) is 0 Å². The van der Waals surface area contributed by atoms with E-state index in [4.69, 9.17) is 0 Å². The number of hydrogen-bond acceptors (Lipinski definition) is 0. The van der Waals surface area contributed by atoms with Gasteiger partial charge in [0, 0.05) is 11.8 Å². The Morgan fingerprint density at radius 1 is 0.800 bits per heavy atom. The van der Waals surface area contributed by atoms with E-state index in [1.165, 1.54) is 44.9 Å². The average Bonchev–Trinajstić information content (AvgIpc) is 2.14. The van der Waals surface area contributed by atoms with Gasteiger partial charge in [0.25, 0.3) is 0 Å². The molecule has 0 unspecified atom stereocenters. The first-order valence-electron chi connectivity index (χ1n) is 6.56. The van der Waals surface area contributed by atoms with Gasteiger partial charge < -0.3 is 0 Å². The standard InChI is InChI=1S/C15H28/c1-5-6-7-8-9-10-11-12-13-14-15(2,3)4/h5-12H2,1-4H3. The molecule has 15 heavy (non-hydrogen) atoms. The fourth-order valence-electron chi connectivity index (χ4n) is 1.50. The Labute approximate surface area is 96.8 Å². The van der Waals surface area contributed by atoms with Gasteiger partial charge in [-0.2, -0.15) is 0 Å². The van der Waals surface area contributed by atoms with Crippen LogP contribution in [0.15, 0.2) is 0 Å². The molecule has 0 amide bonds.